The Hall–Kier alpha value is -1.36. The van der Waals surface area contributed by atoms with Gasteiger partial charge in [0.05, 0.1) is 12.4 Å². The summed E-state index contributed by atoms with van der Waals surface area (Å²) in [7, 11) is 2.14. The molecule has 0 aliphatic carbocycles. The highest BCUT2D eigenvalue weighted by atomic mass is 15.3. The molecule has 1 unspecified atom stereocenters. The molecule has 0 amide bonds. The largest absolute Gasteiger partial charge is 0.382 e. The number of nitrogens with zero attached hydrogens (tertiary/aromatic N) is 4. The van der Waals surface area contributed by atoms with Crippen molar-refractivity contribution in [2.75, 3.05) is 37.3 Å². The molecule has 82 valence electrons. The number of hydrogen-bond acceptors (Lipinski definition) is 5. The number of nitrogen functional groups attached to an aromatic ring is 1. The second-order valence-corrected chi connectivity index (χ2v) is 4.11. The van der Waals surface area contributed by atoms with Gasteiger partial charge in [-0.05, 0) is 14.0 Å². The van der Waals surface area contributed by atoms with Crippen LogP contribution < -0.4 is 10.6 Å². The Balaban J connectivity index is 2.17. The minimum atomic E-state index is 0.458. The summed E-state index contributed by atoms with van der Waals surface area (Å²) in [5, 5.41) is 0. The second-order valence-electron chi connectivity index (χ2n) is 4.11. The van der Waals surface area contributed by atoms with Crippen molar-refractivity contribution < 1.29 is 0 Å². The summed E-state index contributed by atoms with van der Waals surface area (Å²) in [6.07, 6.45) is 3.35. The molecule has 1 atom stereocenters. The summed E-state index contributed by atoms with van der Waals surface area (Å²) in [5.74, 6) is 1.37. The van der Waals surface area contributed by atoms with Crippen molar-refractivity contribution in [3.05, 3.63) is 12.4 Å². The van der Waals surface area contributed by atoms with Crippen molar-refractivity contribution >= 4 is 11.6 Å². The van der Waals surface area contributed by atoms with Crippen molar-refractivity contribution in [1.82, 2.24) is 14.9 Å². The monoisotopic (exact) mass is 207 g/mol. The first-order valence-electron chi connectivity index (χ1n) is 5.19. The van der Waals surface area contributed by atoms with Crippen molar-refractivity contribution in [2.24, 2.45) is 0 Å². The van der Waals surface area contributed by atoms with Crippen molar-refractivity contribution in [3.8, 4) is 0 Å². The van der Waals surface area contributed by atoms with E-state index in [4.69, 9.17) is 5.73 Å². The third-order valence-electron chi connectivity index (χ3n) is 2.77. The van der Waals surface area contributed by atoms with Crippen molar-refractivity contribution in [3.63, 3.8) is 0 Å². The number of nitrogens with two attached hydrogens (primary N) is 1. The first-order valence-corrected chi connectivity index (χ1v) is 5.19. The molecule has 5 nitrogen and oxygen atoms in total. The van der Waals surface area contributed by atoms with Gasteiger partial charge in [-0.1, -0.05) is 0 Å². The summed E-state index contributed by atoms with van der Waals surface area (Å²) in [6.45, 7) is 5.29. The molecule has 0 bridgehead atoms. The van der Waals surface area contributed by atoms with Crippen LogP contribution in [0.4, 0.5) is 11.6 Å². The summed E-state index contributed by atoms with van der Waals surface area (Å²) >= 11 is 0. The predicted octanol–water partition coefficient (Wildman–Crippen LogP) is 0.199. The lowest BCUT2D eigenvalue weighted by Crippen LogP contribution is -2.50. The topological polar surface area (TPSA) is 58.3 Å². The van der Waals surface area contributed by atoms with Gasteiger partial charge >= 0.3 is 0 Å². The molecular weight excluding hydrogens is 190 g/mol. The van der Waals surface area contributed by atoms with Crippen LogP contribution >= 0.6 is 0 Å². The van der Waals surface area contributed by atoms with Gasteiger partial charge in [-0.15, -0.1) is 0 Å². The fraction of sp³-hybridized carbons (Fsp3) is 0.600. The summed E-state index contributed by atoms with van der Waals surface area (Å²) in [6, 6.07) is 0.458. The quantitative estimate of drug-likeness (QED) is 0.713. The van der Waals surface area contributed by atoms with E-state index in [-0.39, 0.29) is 0 Å². The Morgan fingerprint density at radius 2 is 2.20 bits per heavy atom. The van der Waals surface area contributed by atoms with Gasteiger partial charge in [-0.3, -0.25) is 4.98 Å². The molecule has 0 saturated carbocycles. The minimum absolute atomic E-state index is 0.458. The van der Waals surface area contributed by atoms with Crippen molar-refractivity contribution in [1.29, 1.82) is 0 Å². The fourth-order valence-corrected chi connectivity index (χ4v) is 1.99. The smallest absolute Gasteiger partial charge is 0.149 e. The SMILES string of the molecule is CC1CN(C)CCN1c1cncc(N)n1. The minimum Gasteiger partial charge on any atom is -0.382 e. The van der Waals surface area contributed by atoms with Gasteiger partial charge in [-0.2, -0.15) is 0 Å². The summed E-state index contributed by atoms with van der Waals surface area (Å²) in [5.41, 5.74) is 5.63. The number of anilines is 2. The Morgan fingerprint density at radius 1 is 1.40 bits per heavy atom. The zero-order valence-electron chi connectivity index (χ0n) is 9.22. The van der Waals surface area contributed by atoms with Gasteiger partial charge in [-0.25, -0.2) is 4.98 Å². The van der Waals surface area contributed by atoms with E-state index < -0.39 is 0 Å². The summed E-state index contributed by atoms with van der Waals surface area (Å²) < 4.78 is 0. The zero-order chi connectivity index (χ0) is 10.8. The van der Waals surface area contributed by atoms with Gasteiger partial charge in [0.2, 0.25) is 0 Å². The van der Waals surface area contributed by atoms with Crippen LogP contribution in [0.3, 0.4) is 0 Å². The van der Waals surface area contributed by atoms with Gasteiger partial charge in [0.25, 0.3) is 0 Å². The molecule has 0 radical (unpaired) electrons. The second kappa shape index (κ2) is 4.02. The number of rotatable bonds is 1. The lowest BCUT2D eigenvalue weighted by molar-refractivity contribution is 0.274. The van der Waals surface area contributed by atoms with E-state index in [1.165, 1.54) is 0 Å². The van der Waals surface area contributed by atoms with E-state index in [0.29, 0.717) is 11.9 Å². The van der Waals surface area contributed by atoms with Crippen LogP contribution in [0, 0.1) is 0 Å². The molecule has 0 spiro atoms. The molecule has 2 heterocycles. The molecule has 1 saturated heterocycles. The Kier molecular flexibility index (Phi) is 2.73. The molecule has 2 N–H and O–H groups in total. The van der Waals surface area contributed by atoms with E-state index in [0.717, 1.165) is 25.5 Å². The van der Waals surface area contributed by atoms with Crippen LogP contribution in [-0.2, 0) is 0 Å². The van der Waals surface area contributed by atoms with Gasteiger partial charge in [0, 0.05) is 25.7 Å². The lowest BCUT2D eigenvalue weighted by Gasteiger charge is -2.38. The number of piperazine rings is 1. The van der Waals surface area contributed by atoms with Crippen LogP contribution in [0.25, 0.3) is 0 Å². The van der Waals surface area contributed by atoms with E-state index in [9.17, 15) is 0 Å². The molecule has 1 aliphatic rings. The molecule has 1 aromatic rings. The third kappa shape index (κ3) is 2.18. The van der Waals surface area contributed by atoms with Crippen LogP contribution in [0.5, 0.6) is 0 Å². The first-order chi connectivity index (χ1) is 7.16. The molecule has 0 aromatic carbocycles. The maximum Gasteiger partial charge on any atom is 0.149 e. The van der Waals surface area contributed by atoms with Crippen LogP contribution in [0.2, 0.25) is 0 Å². The van der Waals surface area contributed by atoms with Crippen LogP contribution in [0.15, 0.2) is 12.4 Å². The molecule has 1 aromatic heterocycles. The van der Waals surface area contributed by atoms with E-state index in [1.54, 1.807) is 12.4 Å². The summed E-state index contributed by atoms with van der Waals surface area (Å²) in [4.78, 5) is 12.9. The molecule has 5 heteroatoms. The maximum atomic E-state index is 5.63. The van der Waals surface area contributed by atoms with Gasteiger partial charge < -0.3 is 15.5 Å². The molecule has 1 aliphatic heterocycles. The Labute approximate surface area is 89.9 Å². The fourth-order valence-electron chi connectivity index (χ4n) is 1.99. The highest BCUT2D eigenvalue weighted by Gasteiger charge is 2.22. The highest BCUT2D eigenvalue weighted by molar-refractivity contribution is 5.42. The Morgan fingerprint density at radius 3 is 2.87 bits per heavy atom. The van der Waals surface area contributed by atoms with Crippen LogP contribution in [-0.4, -0.2) is 47.6 Å². The average Bonchev–Trinajstić information content (AvgIpc) is 2.17. The maximum absolute atomic E-state index is 5.63. The van der Waals surface area contributed by atoms with E-state index in [1.807, 2.05) is 0 Å². The third-order valence-corrected chi connectivity index (χ3v) is 2.77. The first kappa shape index (κ1) is 10.2. The zero-order valence-corrected chi connectivity index (χ0v) is 9.22. The van der Waals surface area contributed by atoms with E-state index >= 15 is 0 Å². The number of hydrogen-bond donors (Lipinski definition) is 1. The highest BCUT2D eigenvalue weighted by Crippen LogP contribution is 2.17. The number of likely N-dealkylation sites (N-methyl/N-ethyl adjacent to an activating group) is 1. The van der Waals surface area contributed by atoms with Crippen molar-refractivity contribution in [2.45, 2.75) is 13.0 Å². The number of aromatic nitrogens is 2. The predicted molar refractivity (Wildman–Crippen MR) is 60.7 cm³/mol. The molecular formula is C10H17N5. The average molecular weight is 207 g/mol. The Bertz CT molecular complexity index is 340. The molecule has 15 heavy (non-hydrogen) atoms. The normalized spacial score (nSPS) is 23.1. The molecule has 1 fully saturated rings. The van der Waals surface area contributed by atoms with Gasteiger partial charge in [0.1, 0.15) is 11.6 Å². The van der Waals surface area contributed by atoms with E-state index in [2.05, 4.69) is 33.7 Å². The molecule has 2 rings (SSSR count). The van der Waals surface area contributed by atoms with Crippen LogP contribution in [0.1, 0.15) is 6.92 Å². The van der Waals surface area contributed by atoms with Gasteiger partial charge in [0.15, 0.2) is 0 Å². The standard InChI is InChI=1S/C10H17N5/c1-8-7-14(2)3-4-15(8)10-6-12-5-9(11)13-10/h5-6,8H,3-4,7H2,1-2H3,(H2,11,13). The lowest BCUT2D eigenvalue weighted by atomic mass is 10.2.